The minimum atomic E-state index is 0.598. The number of likely N-dealkylation sites (N-methyl/N-ethyl adjacent to an activating group) is 1. The molecule has 0 amide bonds. The summed E-state index contributed by atoms with van der Waals surface area (Å²) in [6.07, 6.45) is 0. The molecule has 0 aromatic carbocycles. The molecule has 2 heterocycles. The maximum absolute atomic E-state index is 5.98. The zero-order valence-electron chi connectivity index (χ0n) is 12.7. The van der Waals surface area contributed by atoms with E-state index in [1.807, 2.05) is 0 Å². The lowest BCUT2D eigenvalue weighted by Gasteiger charge is -2.37. The van der Waals surface area contributed by atoms with E-state index in [1.165, 1.54) is 5.56 Å². The maximum Gasteiger partial charge on any atom is 0.120 e. The summed E-state index contributed by atoms with van der Waals surface area (Å²) >= 11 is 0. The number of nitrogens with one attached hydrogen (secondary N) is 1. The number of hydrogen-bond donors (Lipinski definition) is 1. The average molecular weight is 265 g/mol. The van der Waals surface area contributed by atoms with E-state index < -0.39 is 0 Å². The van der Waals surface area contributed by atoms with Crippen LogP contribution in [0.25, 0.3) is 0 Å². The minimum Gasteiger partial charge on any atom is -0.463 e. The van der Waals surface area contributed by atoms with Gasteiger partial charge in [-0.25, -0.2) is 0 Å². The summed E-state index contributed by atoms with van der Waals surface area (Å²) in [5, 5.41) is 3.32. The van der Waals surface area contributed by atoms with Crippen LogP contribution in [0.1, 0.15) is 30.9 Å². The van der Waals surface area contributed by atoms with Gasteiger partial charge in [0.2, 0.25) is 0 Å². The minimum absolute atomic E-state index is 0.598. The summed E-state index contributed by atoms with van der Waals surface area (Å²) in [5.41, 5.74) is 1.26. The quantitative estimate of drug-likeness (QED) is 0.880. The molecule has 0 spiro atoms. The normalized spacial score (nSPS) is 22.0. The summed E-state index contributed by atoms with van der Waals surface area (Å²) < 4.78 is 5.98. The van der Waals surface area contributed by atoms with E-state index >= 15 is 0 Å². The van der Waals surface area contributed by atoms with Gasteiger partial charge in [-0.3, -0.25) is 4.90 Å². The highest BCUT2D eigenvalue weighted by Gasteiger charge is 2.22. The molecule has 1 aromatic heterocycles. The van der Waals surface area contributed by atoms with Crippen molar-refractivity contribution >= 4 is 0 Å². The van der Waals surface area contributed by atoms with Gasteiger partial charge in [0.25, 0.3) is 0 Å². The summed E-state index contributed by atoms with van der Waals surface area (Å²) in [7, 11) is 2.19. The van der Waals surface area contributed by atoms with Gasteiger partial charge in [0, 0.05) is 25.7 Å². The topological polar surface area (TPSA) is 31.7 Å². The lowest BCUT2D eigenvalue weighted by atomic mass is 10.2. The lowest BCUT2D eigenvalue weighted by Crippen LogP contribution is -2.49. The molecule has 0 bridgehead atoms. The maximum atomic E-state index is 5.98. The van der Waals surface area contributed by atoms with Crippen molar-refractivity contribution in [3.05, 3.63) is 23.2 Å². The fourth-order valence-corrected chi connectivity index (χ4v) is 2.69. The van der Waals surface area contributed by atoms with Gasteiger partial charge in [0.05, 0.1) is 13.1 Å². The van der Waals surface area contributed by atoms with Crippen molar-refractivity contribution in [3.63, 3.8) is 0 Å². The average Bonchev–Trinajstić information content (AvgIpc) is 2.71. The molecular weight excluding hydrogens is 238 g/mol. The molecule has 1 saturated heterocycles. The van der Waals surface area contributed by atoms with Gasteiger partial charge in [-0.1, -0.05) is 6.92 Å². The summed E-state index contributed by atoms with van der Waals surface area (Å²) in [6, 6.07) is 2.79. The van der Waals surface area contributed by atoms with Crippen LogP contribution in [-0.4, -0.2) is 49.1 Å². The molecule has 19 heavy (non-hydrogen) atoms. The number of piperazine rings is 1. The van der Waals surface area contributed by atoms with Crippen LogP contribution in [0.5, 0.6) is 0 Å². The molecule has 108 valence electrons. The molecule has 1 aliphatic rings. The van der Waals surface area contributed by atoms with Crippen LogP contribution < -0.4 is 5.32 Å². The van der Waals surface area contributed by atoms with Crippen LogP contribution >= 0.6 is 0 Å². The number of aryl methyl sites for hydroxylation is 1. The van der Waals surface area contributed by atoms with Gasteiger partial charge < -0.3 is 14.6 Å². The Balaban J connectivity index is 1.95. The molecule has 2 rings (SSSR count). The molecule has 1 atom stereocenters. The number of furan rings is 1. The Bertz CT molecular complexity index is 402. The predicted octanol–water partition coefficient (Wildman–Crippen LogP) is 1.83. The molecule has 1 N–H and O–H groups in total. The van der Waals surface area contributed by atoms with Gasteiger partial charge in [-0.05, 0) is 39.1 Å². The fourth-order valence-electron chi connectivity index (χ4n) is 2.69. The van der Waals surface area contributed by atoms with Gasteiger partial charge in [0.15, 0.2) is 0 Å². The molecule has 4 nitrogen and oxygen atoms in total. The Labute approximate surface area is 116 Å². The van der Waals surface area contributed by atoms with Crippen LogP contribution in [0.4, 0.5) is 0 Å². The van der Waals surface area contributed by atoms with E-state index in [0.717, 1.165) is 50.8 Å². The van der Waals surface area contributed by atoms with E-state index in [1.54, 1.807) is 0 Å². The molecule has 0 saturated carbocycles. The Hall–Kier alpha value is -0.840. The summed E-state index contributed by atoms with van der Waals surface area (Å²) in [6.45, 7) is 12.7. The second-order valence-electron chi connectivity index (χ2n) is 5.68. The second kappa shape index (κ2) is 6.55. The molecule has 0 radical (unpaired) electrons. The highest BCUT2D eigenvalue weighted by molar-refractivity contribution is 5.20. The summed E-state index contributed by atoms with van der Waals surface area (Å²) in [5.74, 6) is 2.18. The Morgan fingerprint density at radius 2 is 2.21 bits per heavy atom. The smallest absolute Gasteiger partial charge is 0.120 e. The van der Waals surface area contributed by atoms with E-state index in [2.05, 4.69) is 49.0 Å². The van der Waals surface area contributed by atoms with Crippen LogP contribution in [0.3, 0.4) is 0 Å². The summed E-state index contributed by atoms with van der Waals surface area (Å²) in [4.78, 5) is 4.90. The lowest BCUT2D eigenvalue weighted by molar-refractivity contribution is 0.0871. The van der Waals surface area contributed by atoms with Crippen LogP contribution in [0.15, 0.2) is 10.5 Å². The molecule has 1 unspecified atom stereocenters. The fraction of sp³-hybridized carbons (Fsp3) is 0.733. The van der Waals surface area contributed by atoms with Crippen LogP contribution in [-0.2, 0) is 13.1 Å². The van der Waals surface area contributed by atoms with E-state index in [-0.39, 0.29) is 0 Å². The van der Waals surface area contributed by atoms with Crippen molar-refractivity contribution in [1.82, 2.24) is 15.1 Å². The first-order valence-corrected chi connectivity index (χ1v) is 7.31. The number of hydrogen-bond acceptors (Lipinski definition) is 4. The Morgan fingerprint density at radius 3 is 2.89 bits per heavy atom. The van der Waals surface area contributed by atoms with E-state index in [0.29, 0.717) is 6.04 Å². The van der Waals surface area contributed by atoms with Crippen molar-refractivity contribution in [2.24, 2.45) is 0 Å². The van der Waals surface area contributed by atoms with E-state index in [4.69, 9.17) is 4.42 Å². The Kier molecular flexibility index (Phi) is 5.02. The standard InChI is InChI=1S/C15H27N3O/c1-5-16-9-15-12(2)8-14(19-15)11-18-7-6-17(4)10-13(18)3/h8,13,16H,5-7,9-11H2,1-4H3. The van der Waals surface area contributed by atoms with Crippen LogP contribution in [0.2, 0.25) is 0 Å². The van der Waals surface area contributed by atoms with Gasteiger partial charge in [0.1, 0.15) is 11.5 Å². The molecule has 0 aliphatic carbocycles. The third-order valence-electron chi connectivity index (χ3n) is 3.93. The predicted molar refractivity (Wildman–Crippen MR) is 78.2 cm³/mol. The number of rotatable bonds is 5. The first-order valence-electron chi connectivity index (χ1n) is 7.31. The first kappa shape index (κ1) is 14.6. The van der Waals surface area contributed by atoms with Crippen molar-refractivity contribution in [2.45, 2.75) is 39.9 Å². The monoisotopic (exact) mass is 265 g/mol. The van der Waals surface area contributed by atoms with E-state index in [9.17, 15) is 0 Å². The molecule has 4 heteroatoms. The zero-order chi connectivity index (χ0) is 13.8. The molecule has 1 fully saturated rings. The zero-order valence-corrected chi connectivity index (χ0v) is 12.7. The highest BCUT2D eigenvalue weighted by atomic mass is 16.3. The third kappa shape index (κ3) is 3.81. The second-order valence-corrected chi connectivity index (χ2v) is 5.68. The van der Waals surface area contributed by atoms with Gasteiger partial charge in [-0.15, -0.1) is 0 Å². The first-order chi connectivity index (χ1) is 9.10. The third-order valence-corrected chi connectivity index (χ3v) is 3.93. The van der Waals surface area contributed by atoms with Crippen molar-refractivity contribution in [2.75, 3.05) is 33.2 Å². The van der Waals surface area contributed by atoms with Crippen LogP contribution in [0, 0.1) is 6.92 Å². The number of nitrogens with zero attached hydrogens (tertiary/aromatic N) is 2. The van der Waals surface area contributed by atoms with Crippen molar-refractivity contribution < 1.29 is 4.42 Å². The van der Waals surface area contributed by atoms with Gasteiger partial charge in [-0.2, -0.15) is 0 Å². The largest absolute Gasteiger partial charge is 0.463 e. The molecule has 1 aromatic rings. The van der Waals surface area contributed by atoms with Gasteiger partial charge >= 0.3 is 0 Å². The molecular formula is C15H27N3O. The van der Waals surface area contributed by atoms with Crippen molar-refractivity contribution in [1.29, 1.82) is 0 Å². The Morgan fingerprint density at radius 1 is 1.42 bits per heavy atom. The molecule has 1 aliphatic heterocycles. The SMILES string of the molecule is CCNCc1oc(CN2CCN(C)CC2C)cc1C. The van der Waals surface area contributed by atoms with Crippen molar-refractivity contribution in [3.8, 4) is 0 Å². The highest BCUT2D eigenvalue weighted by Crippen LogP contribution is 2.18.